The molecule has 2 aliphatic carbocycles. The fourth-order valence-corrected chi connectivity index (χ4v) is 5.13. The zero-order valence-electron chi connectivity index (χ0n) is 11.2. The molecule has 0 heterocycles. The second-order valence-corrected chi connectivity index (χ2v) is 7.53. The van der Waals surface area contributed by atoms with E-state index in [1.165, 1.54) is 55.8 Å². The second kappa shape index (κ2) is 4.99. The molecule has 0 N–H and O–H groups in total. The van der Waals surface area contributed by atoms with E-state index in [2.05, 4.69) is 68.3 Å². The highest BCUT2D eigenvalue weighted by molar-refractivity contribution is 9.11. The van der Waals surface area contributed by atoms with Crippen molar-refractivity contribution in [3.8, 4) is 0 Å². The van der Waals surface area contributed by atoms with E-state index >= 15 is 0 Å². The summed E-state index contributed by atoms with van der Waals surface area (Å²) in [4.78, 5) is 0. The van der Waals surface area contributed by atoms with Crippen LogP contribution in [0.5, 0.6) is 0 Å². The Balaban J connectivity index is 2.12. The van der Waals surface area contributed by atoms with E-state index in [0.29, 0.717) is 0 Å². The molecule has 0 aliphatic heterocycles. The highest BCUT2D eigenvalue weighted by Gasteiger charge is 2.25. The molecule has 0 radical (unpaired) electrons. The Morgan fingerprint density at radius 2 is 1.20 bits per heavy atom. The van der Waals surface area contributed by atoms with E-state index in [1.54, 1.807) is 0 Å². The summed E-state index contributed by atoms with van der Waals surface area (Å²) in [5.41, 5.74) is 0. The van der Waals surface area contributed by atoms with Gasteiger partial charge in [0.2, 0.25) is 0 Å². The predicted octanol–water partition coefficient (Wildman–Crippen LogP) is 4.75. The lowest BCUT2D eigenvalue weighted by Gasteiger charge is -2.29. The third kappa shape index (κ3) is 1.92. The summed E-state index contributed by atoms with van der Waals surface area (Å²) in [7, 11) is 0. The molecule has 0 bridgehead atoms. The molecule has 2 aliphatic rings. The molecule has 0 amide bonds. The Bertz CT molecular complexity index is 736. The topological polar surface area (TPSA) is 0 Å². The largest absolute Gasteiger partial charge is 0.0718 e. The summed E-state index contributed by atoms with van der Waals surface area (Å²) >= 11 is 7.69. The Kier molecular flexibility index (Phi) is 3.27. The zero-order chi connectivity index (χ0) is 13.7. The van der Waals surface area contributed by atoms with Crippen LogP contribution in [-0.4, -0.2) is 0 Å². The number of fused-ring (bicyclic) bond motifs is 3. The maximum absolute atomic E-state index is 3.85. The average Bonchev–Trinajstić information content (AvgIpc) is 2.51. The molecule has 102 valence electrons. The fraction of sp³-hybridized carbons (Fsp3) is 0.333. The Morgan fingerprint density at radius 1 is 0.750 bits per heavy atom. The van der Waals surface area contributed by atoms with Crippen molar-refractivity contribution in [3.63, 3.8) is 0 Å². The summed E-state index contributed by atoms with van der Waals surface area (Å²) in [5.74, 6) is 1.47. The molecule has 1 fully saturated rings. The summed E-state index contributed by atoms with van der Waals surface area (Å²) in [5, 5.41) is 5.38. The number of hydrogen-bond donors (Lipinski definition) is 0. The Morgan fingerprint density at radius 3 is 1.65 bits per heavy atom. The summed E-state index contributed by atoms with van der Waals surface area (Å²) in [6.45, 7) is 0. The first kappa shape index (κ1) is 13.1. The minimum absolute atomic E-state index is 0.737. The van der Waals surface area contributed by atoms with Crippen LogP contribution in [-0.2, 0) is 0 Å². The molecule has 2 aromatic carbocycles. The first-order valence-corrected chi connectivity index (χ1v) is 8.94. The average molecular weight is 392 g/mol. The lowest BCUT2D eigenvalue weighted by molar-refractivity contribution is 0.366. The first-order chi connectivity index (χ1) is 9.75. The van der Waals surface area contributed by atoms with Gasteiger partial charge in [-0.05, 0) is 77.7 Å². The van der Waals surface area contributed by atoms with Gasteiger partial charge in [0, 0.05) is 8.95 Å². The van der Waals surface area contributed by atoms with Gasteiger partial charge >= 0.3 is 0 Å². The molecule has 4 rings (SSSR count). The zero-order valence-corrected chi connectivity index (χ0v) is 14.4. The molecular weight excluding hydrogens is 376 g/mol. The van der Waals surface area contributed by atoms with Crippen molar-refractivity contribution in [2.24, 2.45) is 11.8 Å². The van der Waals surface area contributed by atoms with Gasteiger partial charge in [-0.15, -0.1) is 0 Å². The van der Waals surface area contributed by atoms with Crippen LogP contribution in [0.25, 0.3) is 22.9 Å². The van der Waals surface area contributed by atoms with Crippen LogP contribution in [0.15, 0.2) is 33.2 Å². The summed E-state index contributed by atoms with van der Waals surface area (Å²) in [6.07, 6.45) is 10.5. The first-order valence-electron chi connectivity index (χ1n) is 7.35. The molecule has 0 nitrogen and oxygen atoms in total. The lowest BCUT2D eigenvalue weighted by atomic mass is 9.76. The highest BCUT2D eigenvalue weighted by atomic mass is 79.9. The van der Waals surface area contributed by atoms with Gasteiger partial charge in [0.05, 0.1) is 0 Å². The monoisotopic (exact) mass is 390 g/mol. The fourth-order valence-electron chi connectivity index (χ4n) is 3.75. The lowest BCUT2D eigenvalue weighted by Crippen LogP contribution is -2.36. The number of halogens is 2. The molecular formula is C18H16Br2. The quantitative estimate of drug-likeness (QED) is 0.608. The molecule has 0 aromatic heterocycles. The third-order valence-corrected chi connectivity index (χ3v) is 6.51. The molecule has 2 aromatic rings. The van der Waals surface area contributed by atoms with Gasteiger partial charge in [-0.1, -0.05) is 49.3 Å². The second-order valence-electron chi connectivity index (χ2n) is 5.95. The van der Waals surface area contributed by atoms with E-state index in [-0.39, 0.29) is 0 Å². The van der Waals surface area contributed by atoms with Crippen molar-refractivity contribution in [2.45, 2.75) is 25.7 Å². The maximum atomic E-state index is 3.85. The Hall–Kier alpha value is -0.600. The molecule has 0 spiro atoms. The molecule has 2 unspecified atom stereocenters. The normalized spacial score (nSPS) is 24.5. The standard InChI is InChI=1S/C18H16Br2/c19-17-13-7-3-4-8-14(13)18(20)16-10-12-6-2-1-5-11(12)9-15(16)17/h3-4,7-12H,1-2,5-6H2. The molecule has 0 saturated heterocycles. The van der Waals surface area contributed by atoms with E-state index in [9.17, 15) is 0 Å². The maximum Gasteiger partial charge on any atom is 0.0329 e. The van der Waals surface area contributed by atoms with E-state index in [4.69, 9.17) is 0 Å². The van der Waals surface area contributed by atoms with Crippen LogP contribution in [0.1, 0.15) is 25.7 Å². The van der Waals surface area contributed by atoms with Crippen LogP contribution >= 0.6 is 31.9 Å². The van der Waals surface area contributed by atoms with E-state index in [1.807, 2.05) is 0 Å². The van der Waals surface area contributed by atoms with Gasteiger partial charge < -0.3 is 0 Å². The van der Waals surface area contributed by atoms with E-state index in [0.717, 1.165) is 11.8 Å². The van der Waals surface area contributed by atoms with Gasteiger partial charge in [-0.2, -0.15) is 0 Å². The predicted molar refractivity (Wildman–Crippen MR) is 93.0 cm³/mol. The van der Waals surface area contributed by atoms with Gasteiger partial charge in [0.15, 0.2) is 0 Å². The molecule has 2 atom stereocenters. The van der Waals surface area contributed by atoms with Gasteiger partial charge in [0.25, 0.3) is 0 Å². The van der Waals surface area contributed by atoms with Crippen molar-refractivity contribution >= 4 is 54.8 Å². The van der Waals surface area contributed by atoms with Crippen molar-refractivity contribution in [2.75, 3.05) is 0 Å². The number of benzene rings is 2. The Labute approximate surface area is 135 Å². The third-order valence-electron chi connectivity index (χ3n) is 4.80. The van der Waals surface area contributed by atoms with Crippen LogP contribution in [0.3, 0.4) is 0 Å². The molecule has 20 heavy (non-hydrogen) atoms. The van der Waals surface area contributed by atoms with Crippen molar-refractivity contribution < 1.29 is 0 Å². The van der Waals surface area contributed by atoms with Crippen molar-refractivity contribution in [1.82, 2.24) is 0 Å². The number of hydrogen-bond acceptors (Lipinski definition) is 0. The minimum Gasteiger partial charge on any atom is -0.0718 e. The van der Waals surface area contributed by atoms with Crippen LogP contribution in [0.2, 0.25) is 0 Å². The minimum atomic E-state index is 0.737. The van der Waals surface area contributed by atoms with Crippen LogP contribution in [0, 0.1) is 11.8 Å². The van der Waals surface area contributed by atoms with Crippen LogP contribution < -0.4 is 10.4 Å². The van der Waals surface area contributed by atoms with E-state index < -0.39 is 0 Å². The highest BCUT2D eigenvalue weighted by Crippen LogP contribution is 2.35. The molecule has 1 saturated carbocycles. The van der Waals surface area contributed by atoms with Gasteiger partial charge in [-0.25, -0.2) is 0 Å². The number of rotatable bonds is 0. The van der Waals surface area contributed by atoms with Crippen molar-refractivity contribution in [1.29, 1.82) is 0 Å². The van der Waals surface area contributed by atoms with Gasteiger partial charge in [-0.3, -0.25) is 0 Å². The van der Waals surface area contributed by atoms with Gasteiger partial charge in [0.1, 0.15) is 0 Å². The smallest absolute Gasteiger partial charge is 0.0329 e. The molecule has 2 heteroatoms. The SMILES string of the molecule is Brc1c2c(c(Br)c3ccccc13)=CC1CCCCC1C=2. The summed E-state index contributed by atoms with van der Waals surface area (Å²) < 4.78 is 2.51. The van der Waals surface area contributed by atoms with Crippen molar-refractivity contribution in [3.05, 3.63) is 43.6 Å². The summed E-state index contributed by atoms with van der Waals surface area (Å²) in [6, 6.07) is 8.63. The van der Waals surface area contributed by atoms with Crippen LogP contribution in [0.4, 0.5) is 0 Å².